The van der Waals surface area contributed by atoms with E-state index in [1.54, 1.807) is 24.0 Å². The van der Waals surface area contributed by atoms with Gasteiger partial charge < -0.3 is 10.2 Å². The van der Waals surface area contributed by atoms with E-state index in [2.05, 4.69) is 21.2 Å². The first kappa shape index (κ1) is 26.0. The molecule has 0 saturated heterocycles. The molecule has 0 aliphatic carbocycles. The Hall–Kier alpha value is -1.21. The average Bonchev–Trinajstić information content (AvgIpc) is 2.68. The van der Waals surface area contributed by atoms with Crippen LogP contribution in [0.5, 0.6) is 0 Å². The first-order valence-corrected chi connectivity index (χ1v) is 12.5. The Kier molecular flexibility index (Phi) is 9.74. The molecule has 0 radical (unpaired) electrons. The van der Waals surface area contributed by atoms with E-state index < -0.39 is 6.04 Å². The molecule has 0 saturated carbocycles. The van der Waals surface area contributed by atoms with Gasteiger partial charge in [-0.2, -0.15) is 0 Å². The Balaban J connectivity index is 2.09. The number of nitrogens with one attached hydrogen (secondary N) is 1. The van der Waals surface area contributed by atoms with Crippen LogP contribution in [-0.2, 0) is 21.9 Å². The van der Waals surface area contributed by atoms with Crippen molar-refractivity contribution in [2.75, 3.05) is 5.75 Å². The molecule has 8 heteroatoms. The van der Waals surface area contributed by atoms with Crippen molar-refractivity contribution >= 4 is 62.7 Å². The van der Waals surface area contributed by atoms with Crippen molar-refractivity contribution in [3.05, 3.63) is 68.1 Å². The van der Waals surface area contributed by atoms with Gasteiger partial charge in [0.05, 0.1) is 15.8 Å². The molecule has 1 atom stereocenters. The maximum Gasteiger partial charge on any atom is 0.242 e. The third-order valence-electron chi connectivity index (χ3n) is 4.41. The average molecular weight is 546 g/mol. The SMILES string of the molecule is C[C@@H](C(=O)NC(C)(C)C)N(Cc1ccc(Br)cc1)C(=O)CSCc1ccc(Cl)c(Cl)c1. The molecule has 31 heavy (non-hydrogen) atoms. The van der Waals surface area contributed by atoms with Crippen molar-refractivity contribution in [3.8, 4) is 0 Å². The van der Waals surface area contributed by atoms with Gasteiger partial charge in [0, 0.05) is 22.3 Å². The van der Waals surface area contributed by atoms with Crippen LogP contribution in [0.4, 0.5) is 0 Å². The fraction of sp³-hybridized carbons (Fsp3) is 0.391. The zero-order valence-electron chi connectivity index (χ0n) is 18.0. The minimum Gasteiger partial charge on any atom is -0.350 e. The monoisotopic (exact) mass is 544 g/mol. The molecule has 0 aliphatic rings. The van der Waals surface area contributed by atoms with Gasteiger partial charge in [-0.15, -0.1) is 11.8 Å². The Morgan fingerprint density at radius 3 is 2.26 bits per heavy atom. The lowest BCUT2D eigenvalue weighted by atomic mass is 10.1. The lowest BCUT2D eigenvalue weighted by Crippen LogP contribution is -2.52. The fourth-order valence-corrected chi connectivity index (χ4v) is 4.25. The highest BCUT2D eigenvalue weighted by molar-refractivity contribution is 9.10. The Morgan fingerprint density at radius 1 is 1.06 bits per heavy atom. The molecule has 0 heterocycles. The number of rotatable bonds is 8. The lowest BCUT2D eigenvalue weighted by molar-refractivity contribution is -0.139. The maximum atomic E-state index is 13.1. The first-order valence-electron chi connectivity index (χ1n) is 9.84. The summed E-state index contributed by atoms with van der Waals surface area (Å²) in [6.45, 7) is 7.89. The molecule has 0 bridgehead atoms. The molecular formula is C23H27BrCl2N2O2S. The summed E-state index contributed by atoms with van der Waals surface area (Å²) < 4.78 is 0.963. The van der Waals surface area contributed by atoms with Gasteiger partial charge >= 0.3 is 0 Å². The first-order chi connectivity index (χ1) is 14.5. The van der Waals surface area contributed by atoms with Crippen LogP contribution in [0, 0.1) is 0 Å². The lowest BCUT2D eigenvalue weighted by Gasteiger charge is -2.31. The van der Waals surface area contributed by atoms with E-state index in [-0.39, 0.29) is 23.1 Å². The number of carbonyl (C=O) groups is 2. The van der Waals surface area contributed by atoms with Gasteiger partial charge in [0.15, 0.2) is 0 Å². The van der Waals surface area contributed by atoms with E-state index >= 15 is 0 Å². The second kappa shape index (κ2) is 11.6. The zero-order chi connectivity index (χ0) is 23.2. The number of thioether (sulfide) groups is 1. The van der Waals surface area contributed by atoms with Crippen molar-refractivity contribution in [2.24, 2.45) is 0 Å². The third-order valence-corrected chi connectivity index (χ3v) is 6.67. The van der Waals surface area contributed by atoms with Crippen LogP contribution < -0.4 is 5.32 Å². The van der Waals surface area contributed by atoms with E-state index in [9.17, 15) is 9.59 Å². The largest absolute Gasteiger partial charge is 0.350 e. The number of amides is 2. The maximum absolute atomic E-state index is 13.1. The van der Waals surface area contributed by atoms with Crippen LogP contribution in [0.15, 0.2) is 46.9 Å². The number of hydrogen-bond donors (Lipinski definition) is 1. The van der Waals surface area contributed by atoms with Crippen LogP contribution in [-0.4, -0.2) is 34.0 Å². The van der Waals surface area contributed by atoms with Gasteiger partial charge in [-0.3, -0.25) is 9.59 Å². The van der Waals surface area contributed by atoms with Crippen LogP contribution in [0.25, 0.3) is 0 Å². The molecule has 2 aromatic carbocycles. The number of carbonyl (C=O) groups excluding carboxylic acids is 2. The van der Waals surface area contributed by atoms with E-state index in [4.69, 9.17) is 23.2 Å². The second-order valence-corrected chi connectivity index (χ2v) is 11.0. The van der Waals surface area contributed by atoms with Crippen molar-refractivity contribution in [2.45, 2.75) is 51.6 Å². The molecular weight excluding hydrogens is 519 g/mol. The molecule has 0 fully saturated rings. The highest BCUT2D eigenvalue weighted by atomic mass is 79.9. The predicted octanol–water partition coefficient (Wildman–Crippen LogP) is 6.32. The molecule has 0 aliphatic heterocycles. The molecule has 2 aromatic rings. The molecule has 168 valence electrons. The van der Waals surface area contributed by atoms with Crippen molar-refractivity contribution < 1.29 is 9.59 Å². The third kappa shape index (κ3) is 8.68. The Bertz CT molecular complexity index is 917. The summed E-state index contributed by atoms with van der Waals surface area (Å²) in [5, 5.41) is 3.97. The standard InChI is InChI=1S/C23H27BrCl2N2O2S/c1-15(22(30)27-23(2,3)4)28(12-16-5-8-18(24)9-6-16)21(29)14-31-13-17-7-10-19(25)20(26)11-17/h5-11,15H,12-14H2,1-4H3,(H,27,30)/t15-/m0/s1. The van der Waals surface area contributed by atoms with Gasteiger partial charge in [-0.25, -0.2) is 0 Å². The van der Waals surface area contributed by atoms with Crippen molar-refractivity contribution in [1.29, 1.82) is 0 Å². The van der Waals surface area contributed by atoms with Crippen LogP contribution >= 0.6 is 50.9 Å². The van der Waals surface area contributed by atoms with E-state index in [0.717, 1.165) is 15.6 Å². The summed E-state index contributed by atoms with van der Waals surface area (Å²) in [5.41, 5.74) is 1.58. The molecule has 2 amide bonds. The zero-order valence-corrected chi connectivity index (χ0v) is 22.0. The Labute approximate surface area is 207 Å². The van der Waals surface area contributed by atoms with Gasteiger partial charge in [0.1, 0.15) is 6.04 Å². The van der Waals surface area contributed by atoms with Gasteiger partial charge in [-0.1, -0.05) is 57.3 Å². The smallest absolute Gasteiger partial charge is 0.242 e. The molecule has 2 rings (SSSR count). The normalized spacial score (nSPS) is 12.4. The van der Waals surface area contributed by atoms with Crippen LogP contribution in [0.3, 0.4) is 0 Å². The molecule has 4 nitrogen and oxygen atoms in total. The van der Waals surface area contributed by atoms with Crippen molar-refractivity contribution in [3.63, 3.8) is 0 Å². The van der Waals surface area contributed by atoms with Gasteiger partial charge in [0.25, 0.3) is 0 Å². The minimum absolute atomic E-state index is 0.0930. The molecule has 0 unspecified atom stereocenters. The number of hydrogen-bond acceptors (Lipinski definition) is 3. The Morgan fingerprint density at radius 2 is 1.68 bits per heavy atom. The molecule has 0 aromatic heterocycles. The summed E-state index contributed by atoms with van der Waals surface area (Å²) in [4.78, 5) is 27.5. The summed E-state index contributed by atoms with van der Waals surface area (Å²) in [6, 6.07) is 12.6. The van der Waals surface area contributed by atoms with Gasteiger partial charge in [-0.05, 0) is 63.1 Å². The molecule has 0 spiro atoms. The number of benzene rings is 2. The number of nitrogens with zero attached hydrogens (tertiary/aromatic N) is 1. The highest BCUT2D eigenvalue weighted by Crippen LogP contribution is 2.25. The van der Waals surface area contributed by atoms with Crippen LogP contribution in [0.2, 0.25) is 10.0 Å². The summed E-state index contributed by atoms with van der Waals surface area (Å²) in [6.07, 6.45) is 0. The number of halogens is 3. The summed E-state index contributed by atoms with van der Waals surface area (Å²) in [7, 11) is 0. The quantitative estimate of drug-likeness (QED) is 0.422. The summed E-state index contributed by atoms with van der Waals surface area (Å²) in [5.74, 6) is 0.610. The molecule has 1 N–H and O–H groups in total. The fourth-order valence-electron chi connectivity index (χ4n) is 2.81. The topological polar surface area (TPSA) is 49.4 Å². The second-order valence-electron chi connectivity index (χ2n) is 8.30. The van der Waals surface area contributed by atoms with Crippen LogP contribution in [0.1, 0.15) is 38.8 Å². The minimum atomic E-state index is -0.596. The predicted molar refractivity (Wildman–Crippen MR) is 135 cm³/mol. The van der Waals surface area contributed by atoms with E-state index in [1.165, 1.54) is 11.8 Å². The van der Waals surface area contributed by atoms with E-state index in [0.29, 0.717) is 22.3 Å². The highest BCUT2D eigenvalue weighted by Gasteiger charge is 2.28. The van der Waals surface area contributed by atoms with Gasteiger partial charge in [0.2, 0.25) is 11.8 Å². The van der Waals surface area contributed by atoms with E-state index in [1.807, 2.05) is 51.1 Å². The van der Waals surface area contributed by atoms with Crippen molar-refractivity contribution in [1.82, 2.24) is 10.2 Å². The summed E-state index contributed by atoms with van der Waals surface area (Å²) >= 11 is 16.9.